The zero-order chi connectivity index (χ0) is 13.8. The van der Waals surface area contributed by atoms with Crippen LogP contribution in [0.1, 0.15) is 23.0 Å². The van der Waals surface area contributed by atoms with E-state index in [1.807, 2.05) is 37.3 Å². The van der Waals surface area contributed by atoms with E-state index < -0.39 is 0 Å². The smallest absolute Gasteiger partial charge is 0.263 e. The molecular weight excluding hydrogens is 324 g/mol. The molecule has 0 saturated heterocycles. The number of hydrogen-bond acceptors (Lipinski definition) is 3. The summed E-state index contributed by atoms with van der Waals surface area (Å²) in [6, 6.07) is 5.86. The van der Waals surface area contributed by atoms with E-state index >= 15 is 0 Å². The number of rotatable bonds is 4. The molecule has 19 heavy (non-hydrogen) atoms. The molecule has 3 nitrogen and oxygen atoms in total. The lowest BCUT2D eigenvalue weighted by Gasteiger charge is -2.02. The summed E-state index contributed by atoms with van der Waals surface area (Å²) >= 11 is 4.84. The lowest BCUT2D eigenvalue weighted by Crippen LogP contribution is -2.23. The first-order valence-corrected chi connectivity index (χ1v) is 7.61. The number of carbonyl (C=O) groups excluding carboxylic acids is 1. The number of nitrogens with one attached hydrogen (secondary N) is 1. The van der Waals surface area contributed by atoms with E-state index in [0.29, 0.717) is 17.1 Å². The third kappa shape index (κ3) is 3.16. The number of nitrogen functional groups attached to an aromatic ring is 1. The van der Waals surface area contributed by atoms with E-state index in [4.69, 9.17) is 5.73 Å². The summed E-state index contributed by atoms with van der Waals surface area (Å²) in [7, 11) is 0. The Labute approximate surface area is 124 Å². The van der Waals surface area contributed by atoms with Crippen molar-refractivity contribution in [2.75, 3.05) is 12.3 Å². The Morgan fingerprint density at radius 3 is 3.05 bits per heavy atom. The Hall–Kier alpha value is -1.33. The van der Waals surface area contributed by atoms with Gasteiger partial charge in [0.15, 0.2) is 0 Å². The second-order valence-corrected chi connectivity index (χ2v) is 6.07. The van der Waals surface area contributed by atoms with Crippen LogP contribution in [-0.4, -0.2) is 12.5 Å². The minimum atomic E-state index is -0.0978. The molecule has 1 aromatic carbocycles. The Morgan fingerprint density at radius 2 is 2.32 bits per heavy atom. The first-order chi connectivity index (χ1) is 9.13. The molecule has 100 valence electrons. The van der Waals surface area contributed by atoms with Gasteiger partial charge in [-0.1, -0.05) is 28.1 Å². The lowest BCUT2D eigenvalue weighted by molar-refractivity contribution is 0.0959. The van der Waals surface area contributed by atoms with E-state index in [1.54, 1.807) is 0 Å². The Kier molecular flexibility index (Phi) is 4.61. The second kappa shape index (κ2) is 6.21. The van der Waals surface area contributed by atoms with Crippen LogP contribution in [0.4, 0.5) is 5.69 Å². The standard InChI is InChI=1S/C14H15BrN2OS/c1-2-3-4-7-17-14(18)13-12(16)10-8-9(15)5-6-11(10)19-13/h2-3,5-6,8H,4,7,16H2,1H3,(H,17,18)/b3-2+. The zero-order valence-electron chi connectivity index (χ0n) is 10.6. The van der Waals surface area contributed by atoms with Gasteiger partial charge in [0.1, 0.15) is 4.88 Å². The molecule has 3 N–H and O–H groups in total. The lowest BCUT2D eigenvalue weighted by atomic mass is 10.2. The first kappa shape index (κ1) is 14.1. The van der Waals surface area contributed by atoms with E-state index in [2.05, 4.69) is 21.2 Å². The SMILES string of the molecule is C/C=C/CCNC(=O)c1sc2ccc(Br)cc2c1N. The highest BCUT2D eigenvalue weighted by molar-refractivity contribution is 9.10. The molecule has 0 saturated carbocycles. The van der Waals surface area contributed by atoms with Crippen LogP contribution in [0.15, 0.2) is 34.8 Å². The van der Waals surface area contributed by atoms with Gasteiger partial charge < -0.3 is 11.1 Å². The maximum absolute atomic E-state index is 12.1. The predicted octanol–water partition coefficient (Wildman–Crippen LogP) is 3.94. The fourth-order valence-corrected chi connectivity index (χ4v) is 3.15. The molecule has 0 radical (unpaired) electrons. The van der Waals surface area contributed by atoms with Crippen molar-refractivity contribution >= 4 is 48.9 Å². The van der Waals surface area contributed by atoms with Crippen molar-refractivity contribution in [3.8, 4) is 0 Å². The number of carbonyl (C=O) groups is 1. The Balaban J connectivity index is 2.20. The van der Waals surface area contributed by atoms with Crippen LogP contribution in [0.2, 0.25) is 0 Å². The number of benzene rings is 1. The van der Waals surface area contributed by atoms with Crippen LogP contribution < -0.4 is 11.1 Å². The predicted molar refractivity (Wildman–Crippen MR) is 85.7 cm³/mol. The molecule has 0 bridgehead atoms. The maximum atomic E-state index is 12.1. The third-order valence-electron chi connectivity index (χ3n) is 2.73. The molecule has 0 aliphatic heterocycles. The topological polar surface area (TPSA) is 55.1 Å². The van der Waals surface area contributed by atoms with Gasteiger partial charge in [-0.3, -0.25) is 4.79 Å². The Morgan fingerprint density at radius 1 is 1.53 bits per heavy atom. The highest BCUT2D eigenvalue weighted by atomic mass is 79.9. The largest absolute Gasteiger partial charge is 0.397 e. The summed E-state index contributed by atoms with van der Waals surface area (Å²) in [6.07, 6.45) is 4.82. The minimum Gasteiger partial charge on any atom is -0.397 e. The molecule has 0 unspecified atom stereocenters. The van der Waals surface area contributed by atoms with Crippen molar-refractivity contribution in [3.63, 3.8) is 0 Å². The zero-order valence-corrected chi connectivity index (χ0v) is 13.0. The van der Waals surface area contributed by atoms with Gasteiger partial charge in [-0.15, -0.1) is 11.3 Å². The number of fused-ring (bicyclic) bond motifs is 1. The van der Waals surface area contributed by atoms with Crippen LogP contribution >= 0.6 is 27.3 Å². The van der Waals surface area contributed by atoms with Crippen LogP contribution in [-0.2, 0) is 0 Å². The van der Waals surface area contributed by atoms with Gasteiger partial charge in [0, 0.05) is 21.1 Å². The summed E-state index contributed by atoms with van der Waals surface area (Å²) in [5.74, 6) is -0.0978. The van der Waals surface area contributed by atoms with Crippen molar-refractivity contribution < 1.29 is 4.79 Å². The molecule has 5 heteroatoms. The molecule has 2 rings (SSSR count). The van der Waals surface area contributed by atoms with Crippen molar-refractivity contribution in [1.82, 2.24) is 5.32 Å². The van der Waals surface area contributed by atoms with Gasteiger partial charge in [-0.05, 0) is 31.5 Å². The van der Waals surface area contributed by atoms with Gasteiger partial charge >= 0.3 is 0 Å². The van der Waals surface area contributed by atoms with Gasteiger partial charge in [0.2, 0.25) is 0 Å². The van der Waals surface area contributed by atoms with Gasteiger partial charge in [0.25, 0.3) is 5.91 Å². The molecule has 0 atom stereocenters. The molecule has 1 aromatic heterocycles. The quantitative estimate of drug-likeness (QED) is 0.655. The summed E-state index contributed by atoms with van der Waals surface area (Å²) in [5, 5.41) is 3.81. The van der Waals surface area contributed by atoms with E-state index in [0.717, 1.165) is 21.0 Å². The number of nitrogens with two attached hydrogens (primary N) is 1. The average Bonchev–Trinajstić information content (AvgIpc) is 2.72. The molecule has 0 aliphatic carbocycles. The summed E-state index contributed by atoms with van der Waals surface area (Å²) < 4.78 is 1.99. The molecule has 2 aromatic rings. The van der Waals surface area contributed by atoms with Crippen molar-refractivity contribution in [2.24, 2.45) is 0 Å². The average molecular weight is 339 g/mol. The molecule has 0 fully saturated rings. The van der Waals surface area contributed by atoms with Crippen molar-refractivity contribution in [1.29, 1.82) is 0 Å². The third-order valence-corrected chi connectivity index (χ3v) is 4.41. The summed E-state index contributed by atoms with van der Waals surface area (Å²) in [5.41, 5.74) is 6.61. The van der Waals surface area contributed by atoms with E-state index in [9.17, 15) is 4.79 Å². The van der Waals surface area contributed by atoms with Crippen LogP contribution in [0.3, 0.4) is 0 Å². The fourth-order valence-electron chi connectivity index (χ4n) is 1.77. The number of allylic oxidation sites excluding steroid dienone is 1. The van der Waals surface area contributed by atoms with E-state index in [1.165, 1.54) is 11.3 Å². The van der Waals surface area contributed by atoms with Crippen LogP contribution in [0.5, 0.6) is 0 Å². The van der Waals surface area contributed by atoms with Crippen LogP contribution in [0.25, 0.3) is 10.1 Å². The molecular formula is C14H15BrN2OS. The number of hydrogen-bond donors (Lipinski definition) is 2. The second-order valence-electron chi connectivity index (χ2n) is 4.10. The normalized spacial score (nSPS) is 11.3. The highest BCUT2D eigenvalue weighted by Crippen LogP contribution is 2.35. The first-order valence-electron chi connectivity index (χ1n) is 6.00. The molecule has 1 heterocycles. The highest BCUT2D eigenvalue weighted by Gasteiger charge is 2.15. The summed E-state index contributed by atoms with van der Waals surface area (Å²) in [4.78, 5) is 12.7. The van der Waals surface area contributed by atoms with Crippen LogP contribution in [0, 0.1) is 0 Å². The number of halogens is 1. The van der Waals surface area contributed by atoms with Gasteiger partial charge in [0.05, 0.1) is 5.69 Å². The summed E-state index contributed by atoms with van der Waals surface area (Å²) in [6.45, 7) is 2.59. The monoisotopic (exact) mass is 338 g/mol. The van der Waals surface area contributed by atoms with Crippen molar-refractivity contribution in [3.05, 3.63) is 39.7 Å². The number of amides is 1. The molecule has 0 spiro atoms. The van der Waals surface area contributed by atoms with E-state index in [-0.39, 0.29) is 5.91 Å². The molecule has 1 amide bonds. The van der Waals surface area contributed by atoms with Gasteiger partial charge in [-0.2, -0.15) is 0 Å². The number of thiophene rings is 1. The maximum Gasteiger partial charge on any atom is 0.263 e. The van der Waals surface area contributed by atoms with Crippen molar-refractivity contribution in [2.45, 2.75) is 13.3 Å². The number of anilines is 1. The molecule has 0 aliphatic rings. The Bertz CT molecular complexity index is 634. The van der Waals surface area contributed by atoms with Gasteiger partial charge in [-0.25, -0.2) is 0 Å². The minimum absolute atomic E-state index is 0.0978. The fraction of sp³-hybridized carbons (Fsp3) is 0.214.